The molecule has 0 radical (unpaired) electrons. The second-order valence-corrected chi connectivity index (χ2v) is 5.04. The van der Waals surface area contributed by atoms with Gasteiger partial charge in [-0.1, -0.05) is 29.7 Å². The summed E-state index contributed by atoms with van der Waals surface area (Å²) in [5.41, 5.74) is 0.158. The third kappa shape index (κ3) is 2.11. The number of carboxylic acid groups (broad SMARTS) is 1. The minimum Gasteiger partial charge on any atom is -0.481 e. The van der Waals surface area contributed by atoms with E-state index in [0.717, 1.165) is 12.1 Å². The number of carboxylic acids is 1. The molecule has 0 atom stereocenters. The van der Waals surface area contributed by atoms with Crippen LogP contribution in [0.25, 0.3) is 5.69 Å². The van der Waals surface area contributed by atoms with Crippen molar-refractivity contribution in [3.05, 3.63) is 30.3 Å². The molecule has 1 saturated carbocycles. The highest BCUT2D eigenvalue weighted by atomic mass is 16.4. The zero-order valence-electron chi connectivity index (χ0n) is 10.9. The van der Waals surface area contributed by atoms with E-state index < -0.39 is 11.4 Å². The summed E-state index contributed by atoms with van der Waals surface area (Å²) in [5.74, 6) is -0.293. The Morgan fingerprint density at radius 2 is 2.10 bits per heavy atom. The standard InChI is InChI=1S/C13H15N5O2/c19-11(20)13(7-4-8-13)9-14-12-15-16-17-18(12)10-5-2-1-3-6-10/h1-3,5-6H,4,7-9H2,(H,19,20)(H,14,15,17). The van der Waals surface area contributed by atoms with Gasteiger partial charge in [0.25, 0.3) is 0 Å². The molecule has 0 bridgehead atoms. The fourth-order valence-electron chi connectivity index (χ4n) is 2.36. The number of para-hydroxylation sites is 1. The minimum atomic E-state index is -0.755. The summed E-state index contributed by atoms with van der Waals surface area (Å²) in [5, 5.41) is 23.8. The zero-order valence-corrected chi connectivity index (χ0v) is 10.9. The highest BCUT2D eigenvalue weighted by molar-refractivity contribution is 5.76. The van der Waals surface area contributed by atoms with Crippen LogP contribution in [0.1, 0.15) is 19.3 Å². The van der Waals surface area contributed by atoms with E-state index in [-0.39, 0.29) is 0 Å². The van der Waals surface area contributed by atoms with Crippen LogP contribution in [0.15, 0.2) is 30.3 Å². The van der Waals surface area contributed by atoms with E-state index in [4.69, 9.17) is 0 Å². The van der Waals surface area contributed by atoms with Crippen LogP contribution in [0.3, 0.4) is 0 Å². The van der Waals surface area contributed by atoms with Gasteiger partial charge in [0.1, 0.15) is 0 Å². The van der Waals surface area contributed by atoms with Crippen molar-refractivity contribution < 1.29 is 9.90 Å². The first-order valence-electron chi connectivity index (χ1n) is 6.52. The van der Waals surface area contributed by atoms with E-state index in [9.17, 15) is 9.90 Å². The molecule has 1 aliphatic carbocycles. The van der Waals surface area contributed by atoms with Crippen molar-refractivity contribution in [1.82, 2.24) is 20.2 Å². The fourth-order valence-corrected chi connectivity index (χ4v) is 2.36. The van der Waals surface area contributed by atoms with Gasteiger partial charge in [-0.25, -0.2) is 0 Å². The Balaban J connectivity index is 1.76. The number of aliphatic carboxylic acids is 1. The van der Waals surface area contributed by atoms with Gasteiger partial charge in [0.2, 0.25) is 5.95 Å². The van der Waals surface area contributed by atoms with Gasteiger partial charge in [-0.15, -0.1) is 0 Å². The van der Waals surface area contributed by atoms with E-state index in [1.807, 2.05) is 30.3 Å². The van der Waals surface area contributed by atoms with Crippen molar-refractivity contribution in [2.45, 2.75) is 19.3 Å². The Bertz CT molecular complexity index is 606. The quantitative estimate of drug-likeness (QED) is 0.853. The van der Waals surface area contributed by atoms with Crippen LogP contribution in [0.5, 0.6) is 0 Å². The van der Waals surface area contributed by atoms with Crippen molar-refractivity contribution in [3.63, 3.8) is 0 Å². The number of carbonyl (C=O) groups is 1. The number of anilines is 1. The maximum atomic E-state index is 11.3. The molecular formula is C13H15N5O2. The molecule has 1 fully saturated rings. The molecule has 1 heterocycles. The molecule has 104 valence electrons. The number of nitrogens with zero attached hydrogens (tertiary/aromatic N) is 4. The van der Waals surface area contributed by atoms with E-state index in [1.165, 1.54) is 0 Å². The van der Waals surface area contributed by atoms with Crippen molar-refractivity contribution in [1.29, 1.82) is 0 Å². The summed E-state index contributed by atoms with van der Waals surface area (Å²) < 4.78 is 1.56. The summed E-state index contributed by atoms with van der Waals surface area (Å²) >= 11 is 0. The first-order chi connectivity index (χ1) is 9.71. The van der Waals surface area contributed by atoms with Gasteiger partial charge in [0.05, 0.1) is 11.1 Å². The Morgan fingerprint density at radius 1 is 1.35 bits per heavy atom. The number of hydrogen-bond donors (Lipinski definition) is 2. The fraction of sp³-hybridized carbons (Fsp3) is 0.385. The molecule has 2 N–H and O–H groups in total. The average molecular weight is 273 g/mol. The first kappa shape index (κ1) is 12.6. The third-order valence-corrected chi connectivity index (χ3v) is 3.82. The number of hydrogen-bond acceptors (Lipinski definition) is 5. The van der Waals surface area contributed by atoms with Gasteiger partial charge in [-0.2, -0.15) is 4.68 Å². The lowest BCUT2D eigenvalue weighted by Crippen LogP contribution is -2.44. The van der Waals surface area contributed by atoms with Crippen molar-refractivity contribution >= 4 is 11.9 Å². The van der Waals surface area contributed by atoms with E-state index >= 15 is 0 Å². The predicted molar refractivity (Wildman–Crippen MR) is 71.6 cm³/mol. The van der Waals surface area contributed by atoms with Crippen LogP contribution in [-0.4, -0.2) is 37.8 Å². The van der Waals surface area contributed by atoms with E-state index in [1.54, 1.807) is 4.68 Å². The van der Waals surface area contributed by atoms with Gasteiger partial charge < -0.3 is 10.4 Å². The van der Waals surface area contributed by atoms with Crippen molar-refractivity contribution in [2.75, 3.05) is 11.9 Å². The number of nitrogens with one attached hydrogen (secondary N) is 1. The number of tetrazole rings is 1. The number of aromatic nitrogens is 4. The molecule has 0 saturated heterocycles. The third-order valence-electron chi connectivity index (χ3n) is 3.82. The molecule has 2 aromatic rings. The Morgan fingerprint density at radius 3 is 2.70 bits per heavy atom. The molecular weight excluding hydrogens is 258 g/mol. The number of benzene rings is 1. The van der Waals surface area contributed by atoms with Crippen LogP contribution in [0, 0.1) is 5.41 Å². The second kappa shape index (κ2) is 4.92. The van der Waals surface area contributed by atoms with Gasteiger partial charge in [0, 0.05) is 6.54 Å². The Labute approximate surface area is 115 Å². The summed E-state index contributed by atoms with van der Waals surface area (Å²) in [6.07, 6.45) is 2.35. The maximum absolute atomic E-state index is 11.3. The first-order valence-corrected chi connectivity index (χ1v) is 6.52. The van der Waals surface area contributed by atoms with Gasteiger partial charge in [-0.3, -0.25) is 4.79 Å². The smallest absolute Gasteiger partial charge is 0.311 e. The zero-order chi connectivity index (χ0) is 14.0. The summed E-state index contributed by atoms with van der Waals surface area (Å²) in [4.78, 5) is 11.3. The summed E-state index contributed by atoms with van der Waals surface area (Å²) in [6.45, 7) is 0.343. The highest BCUT2D eigenvalue weighted by Gasteiger charge is 2.44. The minimum absolute atomic E-state index is 0.343. The average Bonchev–Trinajstić information content (AvgIpc) is 2.86. The van der Waals surface area contributed by atoms with Crippen LogP contribution in [0.4, 0.5) is 5.95 Å². The molecule has 20 heavy (non-hydrogen) atoms. The Hall–Kier alpha value is -2.44. The van der Waals surface area contributed by atoms with E-state index in [2.05, 4.69) is 20.8 Å². The lowest BCUT2D eigenvalue weighted by Gasteiger charge is -2.37. The maximum Gasteiger partial charge on any atom is 0.311 e. The molecule has 1 aromatic carbocycles. The largest absolute Gasteiger partial charge is 0.481 e. The predicted octanol–water partition coefficient (Wildman–Crippen LogP) is 1.33. The lowest BCUT2D eigenvalue weighted by atomic mass is 9.69. The molecule has 0 spiro atoms. The molecule has 1 aliphatic rings. The highest BCUT2D eigenvalue weighted by Crippen LogP contribution is 2.41. The van der Waals surface area contributed by atoms with Gasteiger partial charge >= 0.3 is 5.97 Å². The second-order valence-electron chi connectivity index (χ2n) is 5.04. The van der Waals surface area contributed by atoms with Crippen LogP contribution in [-0.2, 0) is 4.79 Å². The normalized spacial score (nSPS) is 16.4. The molecule has 0 unspecified atom stereocenters. The topological polar surface area (TPSA) is 92.9 Å². The molecule has 0 aliphatic heterocycles. The lowest BCUT2D eigenvalue weighted by molar-refractivity contribution is -0.153. The van der Waals surface area contributed by atoms with Crippen LogP contribution < -0.4 is 5.32 Å². The SMILES string of the molecule is O=C(O)C1(CNc2nnnn2-c2ccccc2)CCC1. The van der Waals surface area contributed by atoms with Crippen molar-refractivity contribution in [3.8, 4) is 5.69 Å². The summed E-state index contributed by atoms with van der Waals surface area (Å²) in [7, 11) is 0. The number of rotatable bonds is 5. The van der Waals surface area contributed by atoms with Crippen LogP contribution in [0.2, 0.25) is 0 Å². The molecule has 7 nitrogen and oxygen atoms in total. The Kier molecular flexibility index (Phi) is 3.09. The molecule has 0 amide bonds. The van der Waals surface area contributed by atoms with Crippen molar-refractivity contribution in [2.24, 2.45) is 5.41 Å². The van der Waals surface area contributed by atoms with Gasteiger partial charge in [-0.05, 0) is 35.4 Å². The molecule has 3 rings (SSSR count). The van der Waals surface area contributed by atoms with Crippen LogP contribution >= 0.6 is 0 Å². The molecule has 1 aromatic heterocycles. The molecule has 7 heteroatoms. The van der Waals surface area contributed by atoms with Gasteiger partial charge in [0.15, 0.2) is 0 Å². The summed E-state index contributed by atoms with van der Waals surface area (Å²) in [6, 6.07) is 9.47. The van der Waals surface area contributed by atoms with E-state index in [0.29, 0.717) is 25.3 Å². The monoisotopic (exact) mass is 273 g/mol.